The molecule has 1 fully saturated rings. The lowest BCUT2D eigenvalue weighted by Crippen LogP contribution is -2.44. The summed E-state index contributed by atoms with van der Waals surface area (Å²) in [6.45, 7) is 6.55. The number of nitrogens with zero attached hydrogens (tertiary/aromatic N) is 1. The Morgan fingerprint density at radius 1 is 1.35 bits per heavy atom. The fraction of sp³-hybridized carbons (Fsp3) is 0.467. The van der Waals surface area contributed by atoms with Gasteiger partial charge in [0.15, 0.2) is 0 Å². The molecular formula is C15H20N2O3. The fourth-order valence-corrected chi connectivity index (χ4v) is 2.60. The minimum absolute atomic E-state index is 0.148. The van der Waals surface area contributed by atoms with Crippen LogP contribution in [0.25, 0.3) is 0 Å². The van der Waals surface area contributed by atoms with E-state index < -0.39 is 5.97 Å². The molecule has 1 saturated heterocycles. The van der Waals surface area contributed by atoms with E-state index in [2.05, 4.69) is 5.32 Å². The van der Waals surface area contributed by atoms with Crippen LogP contribution in [-0.2, 0) is 0 Å². The molecule has 1 heterocycles. The molecular weight excluding hydrogens is 256 g/mol. The zero-order valence-electron chi connectivity index (χ0n) is 12.1. The molecule has 0 aliphatic carbocycles. The maximum absolute atomic E-state index is 12.3. The normalized spacial score (nSPS) is 17.1. The number of nitrogens with one attached hydrogen (secondary N) is 1. The highest BCUT2D eigenvalue weighted by atomic mass is 16.4. The van der Waals surface area contributed by atoms with E-state index in [1.54, 1.807) is 24.0 Å². The maximum atomic E-state index is 12.3. The van der Waals surface area contributed by atoms with Gasteiger partial charge in [0.2, 0.25) is 0 Å². The molecule has 108 valence electrons. The monoisotopic (exact) mass is 276 g/mol. The van der Waals surface area contributed by atoms with Gasteiger partial charge in [-0.3, -0.25) is 0 Å². The lowest BCUT2D eigenvalue weighted by molar-refractivity contribution is 0.0696. The van der Waals surface area contributed by atoms with Crippen LogP contribution in [0.4, 0.5) is 10.5 Å². The van der Waals surface area contributed by atoms with E-state index in [9.17, 15) is 9.59 Å². The molecule has 0 aromatic heterocycles. The average molecular weight is 276 g/mol. The number of anilines is 1. The van der Waals surface area contributed by atoms with Crippen LogP contribution < -0.4 is 5.32 Å². The molecule has 2 amide bonds. The number of hydrogen-bond donors (Lipinski definition) is 2. The minimum atomic E-state index is -0.986. The molecule has 1 aliphatic heterocycles. The Balaban J connectivity index is 2.16. The topological polar surface area (TPSA) is 69.6 Å². The second kappa shape index (κ2) is 5.15. The number of carboxylic acid groups (broad SMARTS) is 1. The van der Waals surface area contributed by atoms with Crippen LogP contribution in [0, 0.1) is 6.92 Å². The summed E-state index contributed by atoms with van der Waals surface area (Å²) in [5, 5.41) is 11.9. The summed E-state index contributed by atoms with van der Waals surface area (Å²) in [4.78, 5) is 25.2. The third-order valence-corrected chi connectivity index (χ3v) is 3.87. The van der Waals surface area contributed by atoms with E-state index in [-0.39, 0.29) is 17.1 Å². The SMILES string of the molecule is Cc1ccc(NC(=O)N2CCCC2(C)C)cc1C(=O)O. The van der Waals surface area contributed by atoms with E-state index in [4.69, 9.17) is 5.11 Å². The number of benzene rings is 1. The molecule has 2 N–H and O–H groups in total. The first-order valence-electron chi connectivity index (χ1n) is 6.74. The predicted molar refractivity (Wildman–Crippen MR) is 77.2 cm³/mol. The van der Waals surface area contributed by atoms with E-state index >= 15 is 0 Å². The van der Waals surface area contributed by atoms with Gasteiger partial charge in [0.25, 0.3) is 0 Å². The van der Waals surface area contributed by atoms with E-state index in [1.807, 2.05) is 13.8 Å². The van der Waals surface area contributed by atoms with Crippen molar-refractivity contribution in [2.24, 2.45) is 0 Å². The van der Waals surface area contributed by atoms with Crippen LogP contribution in [0.5, 0.6) is 0 Å². The van der Waals surface area contributed by atoms with Gasteiger partial charge in [0.05, 0.1) is 5.56 Å². The van der Waals surface area contributed by atoms with Crippen molar-refractivity contribution in [2.75, 3.05) is 11.9 Å². The zero-order chi connectivity index (χ0) is 14.9. The third-order valence-electron chi connectivity index (χ3n) is 3.87. The number of rotatable bonds is 2. The van der Waals surface area contributed by atoms with Crippen molar-refractivity contribution in [3.63, 3.8) is 0 Å². The number of carbonyl (C=O) groups excluding carboxylic acids is 1. The molecule has 0 spiro atoms. The first kappa shape index (κ1) is 14.4. The number of hydrogen-bond acceptors (Lipinski definition) is 2. The van der Waals surface area contributed by atoms with Gasteiger partial charge in [0, 0.05) is 17.8 Å². The molecule has 0 radical (unpaired) electrons. The Morgan fingerprint density at radius 3 is 2.60 bits per heavy atom. The van der Waals surface area contributed by atoms with Crippen molar-refractivity contribution in [1.82, 2.24) is 4.90 Å². The minimum Gasteiger partial charge on any atom is -0.478 e. The number of carboxylic acids is 1. The molecule has 5 heteroatoms. The van der Waals surface area contributed by atoms with Crippen LogP contribution in [0.2, 0.25) is 0 Å². The van der Waals surface area contributed by atoms with Crippen LogP contribution in [0.15, 0.2) is 18.2 Å². The first-order chi connectivity index (χ1) is 9.31. The van der Waals surface area contributed by atoms with Crippen molar-refractivity contribution in [2.45, 2.75) is 39.2 Å². The molecule has 0 saturated carbocycles. The largest absolute Gasteiger partial charge is 0.478 e. The quantitative estimate of drug-likeness (QED) is 0.872. The summed E-state index contributed by atoms with van der Waals surface area (Å²) in [6.07, 6.45) is 1.98. The second-order valence-corrected chi connectivity index (χ2v) is 5.83. The van der Waals surface area contributed by atoms with Crippen molar-refractivity contribution in [1.29, 1.82) is 0 Å². The summed E-state index contributed by atoms with van der Waals surface area (Å²) in [5.74, 6) is -0.986. The highest BCUT2D eigenvalue weighted by Gasteiger charge is 2.35. The smallest absolute Gasteiger partial charge is 0.336 e. The van der Waals surface area contributed by atoms with Crippen molar-refractivity contribution >= 4 is 17.7 Å². The number of aryl methyl sites for hydroxylation is 1. The summed E-state index contributed by atoms with van der Waals surface area (Å²) in [6, 6.07) is 4.75. The summed E-state index contributed by atoms with van der Waals surface area (Å²) >= 11 is 0. The van der Waals surface area contributed by atoms with Crippen LogP contribution in [0.3, 0.4) is 0 Å². The zero-order valence-corrected chi connectivity index (χ0v) is 12.1. The van der Waals surface area contributed by atoms with Gasteiger partial charge in [0.1, 0.15) is 0 Å². The van der Waals surface area contributed by atoms with Gasteiger partial charge in [-0.2, -0.15) is 0 Å². The second-order valence-electron chi connectivity index (χ2n) is 5.83. The van der Waals surface area contributed by atoms with Crippen LogP contribution in [-0.4, -0.2) is 34.1 Å². The van der Waals surface area contributed by atoms with Gasteiger partial charge in [-0.05, 0) is 51.3 Å². The lowest BCUT2D eigenvalue weighted by Gasteiger charge is -2.31. The first-order valence-corrected chi connectivity index (χ1v) is 6.74. The molecule has 0 bridgehead atoms. The number of amides is 2. The van der Waals surface area contributed by atoms with Crippen LogP contribution >= 0.6 is 0 Å². The maximum Gasteiger partial charge on any atom is 0.336 e. The molecule has 5 nitrogen and oxygen atoms in total. The highest BCUT2D eigenvalue weighted by molar-refractivity contribution is 5.94. The number of likely N-dealkylation sites (tertiary alicyclic amines) is 1. The average Bonchev–Trinajstić information content (AvgIpc) is 2.71. The molecule has 1 aromatic carbocycles. The molecule has 20 heavy (non-hydrogen) atoms. The van der Waals surface area contributed by atoms with Gasteiger partial charge in [-0.15, -0.1) is 0 Å². The Bertz CT molecular complexity index is 552. The Labute approximate surface area is 118 Å². The van der Waals surface area contributed by atoms with Crippen LogP contribution in [0.1, 0.15) is 42.6 Å². The van der Waals surface area contributed by atoms with E-state index in [0.29, 0.717) is 11.3 Å². The molecule has 0 unspecified atom stereocenters. The Hall–Kier alpha value is -2.04. The summed E-state index contributed by atoms with van der Waals surface area (Å²) in [7, 11) is 0. The van der Waals surface area contributed by atoms with Gasteiger partial charge in [-0.25, -0.2) is 9.59 Å². The molecule has 1 aromatic rings. The summed E-state index contributed by atoms with van der Waals surface area (Å²) < 4.78 is 0. The standard InChI is InChI=1S/C15H20N2O3/c1-10-5-6-11(9-12(10)13(18)19)16-14(20)17-8-4-7-15(17,2)3/h5-6,9H,4,7-8H2,1-3H3,(H,16,20)(H,18,19). The van der Waals surface area contributed by atoms with Gasteiger partial charge < -0.3 is 15.3 Å². The molecule has 1 aliphatic rings. The van der Waals surface area contributed by atoms with Crippen molar-refractivity contribution in [3.05, 3.63) is 29.3 Å². The number of urea groups is 1. The van der Waals surface area contributed by atoms with Crippen molar-refractivity contribution < 1.29 is 14.7 Å². The van der Waals surface area contributed by atoms with E-state index in [0.717, 1.165) is 19.4 Å². The fourth-order valence-electron chi connectivity index (χ4n) is 2.60. The Kier molecular flexibility index (Phi) is 3.70. The van der Waals surface area contributed by atoms with Crippen molar-refractivity contribution in [3.8, 4) is 0 Å². The number of aromatic carboxylic acids is 1. The van der Waals surface area contributed by atoms with Gasteiger partial charge in [-0.1, -0.05) is 6.07 Å². The Morgan fingerprint density at radius 2 is 2.05 bits per heavy atom. The highest BCUT2D eigenvalue weighted by Crippen LogP contribution is 2.29. The number of carbonyl (C=O) groups is 2. The molecule has 0 atom stereocenters. The molecule has 2 rings (SSSR count). The summed E-state index contributed by atoms with van der Waals surface area (Å²) in [5.41, 5.74) is 1.26. The van der Waals surface area contributed by atoms with Gasteiger partial charge >= 0.3 is 12.0 Å². The lowest BCUT2D eigenvalue weighted by atomic mass is 10.0. The predicted octanol–water partition coefficient (Wildman–Crippen LogP) is 3.10. The van der Waals surface area contributed by atoms with E-state index in [1.165, 1.54) is 6.07 Å². The third kappa shape index (κ3) is 2.76.